The summed E-state index contributed by atoms with van der Waals surface area (Å²) in [5, 5.41) is 29.3. The van der Waals surface area contributed by atoms with E-state index in [1.807, 2.05) is 59.7 Å². The van der Waals surface area contributed by atoms with E-state index in [4.69, 9.17) is 52.4 Å². The number of pyridine rings is 2. The van der Waals surface area contributed by atoms with E-state index in [9.17, 15) is 28.3 Å². The second-order valence-electron chi connectivity index (χ2n) is 19.4. The van der Waals surface area contributed by atoms with E-state index in [-0.39, 0.29) is 96.0 Å². The predicted octanol–water partition coefficient (Wildman–Crippen LogP) is 12.2. The minimum atomic E-state index is -1.41. The van der Waals surface area contributed by atoms with Gasteiger partial charge < -0.3 is 34.3 Å². The number of rotatable bonds is 20. The summed E-state index contributed by atoms with van der Waals surface area (Å²) in [6, 6.07) is 25.6. The van der Waals surface area contributed by atoms with Crippen molar-refractivity contribution in [2.45, 2.75) is 90.6 Å². The monoisotopic (exact) mass is 1040 g/mol. The SMILES string of the molecule is COc1cc(C(=O)CCC(=O)c2cc(C(C)(C)C)cc(-c3ccc(F)c(Cl)c3)n2)ccc1OCCO.COc1cc(C(=O)CCC(C)(O)c2cc(C(C)(C)C)cc(-c3ccc(F)c(Cl)c3)n2)ccc1OCCO. The summed E-state index contributed by atoms with van der Waals surface area (Å²) in [6.45, 7) is 13.8. The Kier molecular flexibility index (Phi) is 19.8. The summed E-state index contributed by atoms with van der Waals surface area (Å²) >= 11 is 12.0. The molecule has 2 aromatic heterocycles. The molecule has 388 valence electrons. The Morgan fingerprint density at radius 1 is 0.548 bits per heavy atom. The van der Waals surface area contributed by atoms with E-state index >= 15 is 0 Å². The maximum atomic E-state index is 13.7. The van der Waals surface area contributed by atoms with Crippen LogP contribution in [-0.4, -0.2) is 83.3 Å². The fourth-order valence-corrected chi connectivity index (χ4v) is 7.67. The second-order valence-corrected chi connectivity index (χ2v) is 20.2. The van der Waals surface area contributed by atoms with Crippen molar-refractivity contribution in [3.05, 3.63) is 152 Å². The highest BCUT2D eigenvalue weighted by Gasteiger charge is 2.30. The maximum absolute atomic E-state index is 13.7. The fourth-order valence-electron chi connectivity index (χ4n) is 7.31. The van der Waals surface area contributed by atoms with Crippen LogP contribution in [0.3, 0.4) is 0 Å². The van der Waals surface area contributed by atoms with Gasteiger partial charge in [-0.2, -0.15) is 0 Å². The topological polar surface area (TPSA) is 175 Å². The molecule has 16 heteroatoms. The van der Waals surface area contributed by atoms with Crippen LogP contribution in [0.4, 0.5) is 8.78 Å². The molecule has 0 aliphatic rings. The number of ether oxygens (including phenoxy) is 4. The van der Waals surface area contributed by atoms with Crippen LogP contribution in [0.1, 0.15) is 122 Å². The standard InChI is InChI=1S/C29H33ClFNO5.C28H29ClFNO5/c1-28(2,3)20-16-23(18-6-8-22(31)21(30)14-18)32-27(17-20)29(4,35)11-10-24(34)19-7-9-25(37-13-12-33)26(15-19)36-5;1-28(2,3)19-15-22(17-5-7-21(30)20(29)13-17)31-23(16-19)25(34)9-8-24(33)18-6-10-26(36-12-11-32)27(14-18)35-4/h6-9,14-17,33,35H,10-13H2,1-5H3;5-7,10,13-16,32H,8-9,11-12H2,1-4H3. The van der Waals surface area contributed by atoms with E-state index in [2.05, 4.69) is 9.97 Å². The average Bonchev–Trinajstić information content (AvgIpc) is 3.36. The molecular weight excluding hydrogens is 982 g/mol. The molecule has 1 atom stereocenters. The summed E-state index contributed by atoms with van der Waals surface area (Å²) in [6.07, 6.45) is 0.138. The molecule has 6 rings (SSSR count). The zero-order chi connectivity index (χ0) is 53.8. The number of hydrogen-bond acceptors (Lipinski definition) is 12. The van der Waals surface area contributed by atoms with E-state index in [0.29, 0.717) is 62.3 Å². The van der Waals surface area contributed by atoms with Crippen LogP contribution in [0.2, 0.25) is 10.0 Å². The fraction of sp³-hybridized carbons (Fsp3) is 0.351. The number of benzene rings is 4. The van der Waals surface area contributed by atoms with Crippen molar-refractivity contribution in [2.75, 3.05) is 40.6 Å². The number of aliphatic hydroxyl groups is 3. The van der Waals surface area contributed by atoms with Gasteiger partial charge in [-0.3, -0.25) is 14.4 Å². The van der Waals surface area contributed by atoms with E-state index in [0.717, 1.165) is 11.1 Å². The van der Waals surface area contributed by atoms with E-state index in [1.165, 1.54) is 38.5 Å². The number of carbonyl (C=O) groups excluding carboxylic acids is 3. The van der Waals surface area contributed by atoms with Gasteiger partial charge in [-0.1, -0.05) is 64.7 Å². The zero-order valence-electron chi connectivity index (χ0n) is 42.5. The van der Waals surface area contributed by atoms with Crippen molar-refractivity contribution >= 4 is 40.6 Å². The smallest absolute Gasteiger partial charge is 0.181 e. The lowest BCUT2D eigenvalue weighted by atomic mass is 9.83. The number of methoxy groups -OCH3 is 2. The Bertz CT molecular complexity index is 2930. The molecule has 2 heterocycles. The molecule has 4 aromatic carbocycles. The number of ketones is 3. The van der Waals surface area contributed by atoms with Gasteiger partial charge in [0.05, 0.1) is 54.6 Å². The molecule has 1 unspecified atom stereocenters. The zero-order valence-corrected chi connectivity index (χ0v) is 44.0. The van der Waals surface area contributed by atoms with Crippen molar-refractivity contribution in [1.82, 2.24) is 9.97 Å². The van der Waals surface area contributed by atoms with Gasteiger partial charge in [0.1, 0.15) is 36.1 Å². The average molecular weight is 1040 g/mol. The molecule has 0 radical (unpaired) electrons. The van der Waals surface area contributed by atoms with Gasteiger partial charge in [-0.05, 0) is 132 Å². The molecule has 0 aliphatic carbocycles. The number of nitrogens with zero attached hydrogens (tertiary/aromatic N) is 2. The highest BCUT2D eigenvalue weighted by molar-refractivity contribution is 6.31. The quantitative estimate of drug-likeness (QED) is 0.0618. The largest absolute Gasteiger partial charge is 0.493 e. The summed E-state index contributed by atoms with van der Waals surface area (Å²) in [4.78, 5) is 48.1. The van der Waals surface area contributed by atoms with Gasteiger partial charge in [-0.25, -0.2) is 18.7 Å². The first-order chi connectivity index (χ1) is 34.4. The summed E-state index contributed by atoms with van der Waals surface area (Å²) in [5.41, 5.74) is 3.59. The van der Waals surface area contributed by atoms with Gasteiger partial charge in [0.15, 0.2) is 40.3 Å². The molecule has 0 saturated carbocycles. The Balaban J connectivity index is 0.000000271. The normalized spacial score (nSPS) is 12.3. The first-order valence-corrected chi connectivity index (χ1v) is 24.3. The molecule has 0 bridgehead atoms. The first-order valence-electron chi connectivity index (χ1n) is 23.5. The molecule has 0 fully saturated rings. The number of carbonyl (C=O) groups is 3. The number of aliphatic hydroxyl groups excluding tert-OH is 2. The third-order valence-corrected chi connectivity index (χ3v) is 12.3. The van der Waals surface area contributed by atoms with Crippen LogP contribution in [0.5, 0.6) is 23.0 Å². The van der Waals surface area contributed by atoms with Crippen molar-refractivity contribution in [1.29, 1.82) is 0 Å². The van der Waals surface area contributed by atoms with Crippen molar-refractivity contribution in [2.24, 2.45) is 0 Å². The van der Waals surface area contributed by atoms with Crippen LogP contribution in [0.15, 0.2) is 97.1 Å². The van der Waals surface area contributed by atoms with Crippen LogP contribution in [0.25, 0.3) is 22.5 Å². The Labute approximate surface area is 435 Å². The molecule has 0 saturated heterocycles. The summed E-state index contributed by atoms with van der Waals surface area (Å²) < 4.78 is 48.8. The van der Waals surface area contributed by atoms with Crippen molar-refractivity contribution in [3.63, 3.8) is 0 Å². The van der Waals surface area contributed by atoms with Crippen LogP contribution < -0.4 is 18.9 Å². The Morgan fingerprint density at radius 2 is 0.986 bits per heavy atom. The van der Waals surface area contributed by atoms with Crippen LogP contribution in [-0.2, 0) is 16.4 Å². The second kappa shape index (κ2) is 25.1. The van der Waals surface area contributed by atoms with Crippen LogP contribution >= 0.6 is 23.2 Å². The molecule has 0 amide bonds. The minimum Gasteiger partial charge on any atom is -0.493 e. The number of halogens is 4. The third kappa shape index (κ3) is 15.6. The highest BCUT2D eigenvalue weighted by Crippen LogP contribution is 2.36. The Hall–Kier alpha value is -6.29. The molecule has 0 aliphatic heterocycles. The number of aromatic nitrogens is 2. The summed E-state index contributed by atoms with van der Waals surface area (Å²) in [5.74, 6) is -0.153. The predicted molar refractivity (Wildman–Crippen MR) is 279 cm³/mol. The molecule has 0 spiro atoms. The summed E-state index contributed by atoms with van der Waals surface area (Å²) in [7, 11) is 2.93. The first kappa shape index (κ1) is 57.6. The molecule has 12 nitrogen and oxygen atoms in total. The van der Waals surface area contributed by atoms with Gasteiger partial charge in [0, 0.05) is 41.5 Å². The maximum Gasteiger partial charge on any atom is 0.181 e. The van der Waals surface area contributed by atoms with Gasteiger partial charge in [-0.15, -0.1) is 0 Å². The lowest BCUT2D eigenvalue weighted by Gasteiger charge is -2.27. The van der Waals surface area contributed by atoms with Crippen molar-refractivity contribution in [3.8, 4) is 45.5 Å². The third-order valence-electron chi connectivity index (χ3n) is 11.7. The molecular formula is C57H62Cl2F2N2O10. The number of Topliss-reactive ketones (excluding diaryl/α,β-unsaturated/α-hetero) is 3. The number of hydrogen-bond donors (Lipinski definition) is 3. The van der Waals surface area contributed by atoms with Crippen LogP contribution in [0, 0.1) is 11.6 Å². The van der Waals surface area contributed by atoms with E-state index < -0.39 is 17.2 Å². The van der Waals surface area contributed by atoms with Gasteiger partial charge >= 0.3 is 0 Å². The molecule has 73 heavy (non-hydrogen) atoms. The van der Waals surface area contributed by atoms with E-state index in [1.54, 1.807) is 61.5 Å². The molecule has 6 aromatic rings. The lowest BCUT2D eigenvalue weighted by molar-refractivity contribution is 0.0396. The molecule has 3 N–H and O–H groups in total. The van der Waals surface area contributed by atoms with Gasteiger partial charge in [0.2, 0.25) is 0 Å². The van der Waals surface area contributed by atoms with Gasteiger partial charge in [0.25, 0.3) is 0 Å². The lowest BCUT2D eigenvalue weighted by Crippen LogP contribution is -2.25. The Morgan fingerprint density at radius 3 is 1.42 bits per heavy atom. The van der Waals surface area contributed by atoms with Crippen molar-refractivity contribution < 1.29 is 57.4 Å². The highest BCUT2D eigenvalue weighted by atomic mass is 35.5. The minimum absolute atomic E-state index is 0.0115.